The number of H-pyrrole nitrogens is 1. The highest BCUT2D eigenvalue weighted by Crippen LogP contribution is 2.27. The summed E-state index contributed by atoms with van der Waals surface area (Å²) >= 11 is 0. The van der Waals surface area contributed by atoms with E-state index in [0.717, 1.165) is 48.3 Å². The van der Waals surface area contributed by atoms with E-state index >= 15 is 0 Å². The number of amides is 1. The Morgan fingerprint density at radius 1 is 1.09 bits per heavy atom. The summed E-state index contributed by atoms with van der Waals surface area (Å²) in [6.45, 7) is 7.18. The van der Waals surface area contributed by atoms with Crippen LogP contribution in [0.4, 0.5) is 0 Å². The maximum atomic E-state index is 13.1. The molecule has 0 saturated carbocycles. The number of carbonyl (C=O) groups is 2. The van der Waals surface area contributed by atoms with Crippen molar-refractivity contribution in [2.45, 2.75) is 39.7 Å². The molecule has 2 aliphatic rings. The number of carbonyl (C=O) groups excluding carboxylic acids is 2. The predicted octanol–water partition coefficient (Wildman–Crippen LogP) is 3.16. The van der Waals surface area contributed by atoms with Gasteiger partial charge < -0.3 is 14.4 Å². The number of piperazine rings is 1. The van der Waals surface area contributed by atoms with E-state index in [1.165, 1.54) is 5.56 Å². The SMILES string of the molecule is Cc1ccc(-c2noc(CN3CCN(C(=O)c4[nH]c5c(c4C)C(=O)CCC5)CC3)n2)cc1. The predicted molar refractivity (Wildman–Crippen MR) is 118 cm³/mol. The second kappa shape index (κ2) is 8.35. The lowest BCUT2D eigenvalue weighted by Crippen LogP contribution is -2.48. The first kappa shape index (κ1) is 20.6. The van der Waals surface area contributed by atoms with Gasteiger partial charge in [0, 0.05) is 49.4 Å². The number of hydrogen-bond donors (Lipinski definition) is 1. The summed E-state index contributed by atoms with van der Waals surface area (Å²) in [4.78, 5) is 37.2. The minimum atomic E-state index is -0.0243. The third-order valence-corrected chi connectivity index (χ3v) is 6.45. The molecule has 3 aromatic rings. The van der Waals surface area contributed by atoms with Crippen molar-refractivity contribution in [1.29, 1.82) is 0 Å². The summed E-state index contributed by atoms with van der Waals surface area (Å²) in [7, 11) is 0. The van der Waals surface area contributed by atoms with Crippen LogP contribution in [-0.4, -0.2) is 62.8 Å². The lowest BCUT2D eigenvalue weighted by atomic mass is 9.93. The summed E-state index contributed by atoms with van der Waals surface area (Å²) in [6.07, 6.45) is 2.25. The number of Topliss-reactive ketones (excluding diaryl/α,β-unsaturated/α-hetero) is 1. The topological polar surface area (TPSA) is 95.3 Å². The molecule has 166 valence electrons. The summed E-state index contributed by atoms with van der Waals surface area (Å²) in [5.41, 5.74) is 5.14. The first-order valence-electron chi connectivity index (χ1n) is 11.2. The average Bonchev–Trinajstić information content (AvgIpc) is 3.39. The summed E-state index contributed by atoms with van der Waals surface area (Å²) in [6, 6.07) is 8.03. The van der Waals surface area contributed by atoms with Crippen LogP contribution in [0.1, 0.15) is 56.4 Å². The van der Waals surface area contributed by atoms with Gasteiger partial charge in [0.15, 0.2) is 5.78 Å². The van der Waals surface area contributed by atoms with Gasteiger partial charge in [0.2, 0.25) is 11.7 Å². The molecule has 1 aliphatic heterocycles. The van der Waals surface area contributed by atoms with Crippen LogP contribution in [0.15, 0.2) is 28.8 Å². The summed E-state index contributed by atoms with van der Waals surface area (Å²) in [5, 5.41) is 4.10. The molecule has 32 heavy (non-hydrogen) atoms. The van der Waals surface area contributed by atoms with Crippen LogP contribution in [-0.2, 0) is 13.0 Å². The Morgan fingerprint density at radius 3 is 2.56 bits per heavy atom. The lowest BCUT2D eigenvalue weighted by molar-refractivity contribution is 0.0609. The second-order valence-electron chi connectivity index (χ2n) is 8.70. The number of aromatic nitrogens is 3. The first-order valence-corrected chi connectivity index (χ1v) is 11.2. The molecular weight excluding hydrogens is 406 g/mol. The van der Waals surface area contributed by atoms with Crippen LogP contribution in [0.2, 0.25) is 0 Å². The van der Waals surface area contributed by atoms with Crippen LogP contribution >= 0.6 is 0 Å². The van der Waals surface area contributed by atoms with E-state index in [-0.39, 0.29) is 11.7 Å². The molecule has 0 radical (unpaired) electrons. The number of nitrogens with zero attached hydrogens (tertiary/aromatic N) is 4. The number of ketones is 1. The maximum Gasteiger partial charge on any atom is 0.270 e. The molecule has 1 aliphatic carbocycles. The largest absolute Gasteiger partial charge is 0.354 e. The first-order chi connectivity index (χ1) is 15.5. The Hall–Kier alpha value is -3.26. The fourth-order valence-corrected chi connectivity index (χ4v) is 4.59. The van der Waals surface area contributed by atoms with Crippen molar-refractivity contribution >= 4 is 11.7 Å². The second-order valence-corrected chi connectivity index (χ2v) is 8.70. The Morgan fingerprint density at radius 2 is 1.84 bits per heavy atom. The van der Waals surface area contributed by atoms with Gasteiger partial charge in [-0.2, -0.15) is 4.98 Å². The molecule has 1 amide bonds. The molecule has 1 saturated heterocycles. The zero-order chi connectivity index (χ0) is 22.2. The van der Waals surface area contributed by atoms with Crippen LogP contribution in [0, 0.1) is 13.8 Å². The number of aryl methyl sites for hydroxylation is 2. The normalized spacial score (nSPS) is 16.9. The standard InChI is InChI=1S/C24H27N5O3/c1-15-6-8-17(9-7-15)23-26-20(32-27-23)14-28-10-12-29(13-11-28)24(31)22-16(2)21-18(25-22)4-3-5-19(21)30/h6-9,25H,3-5,10-14H2,1-2H3. The number of hydrogen-bond acceptors (Lipinski definition) is 6. The Bertz CT molecular complexity index is 1150. The number of benzene rings is 1. The van der Waals surface area contributed by atoms with Crippen molar-refractivity contribution in [3.8, 4) is 11.4 Å². The maximum absolute atomic E-state index is 13.1. The number of aromatic amines is 1. The number of nitrogens with one attached hydrogen (secondary N) is 1. The highest BCUT2D eigenvalue weighted by Gasteiger charge is 2.30. The average molecular weight is 434 g/mol. The van der Waals surface area contributed by atoms with Gasteiger partial charge in [-0.3, -0.25) is 14.5 Å². The van der Waals surface area contributed by atoms with E-state index in [0.29, 0.717) is 43.5 Å². The molecule has 0 spiro atoms. The molecular formula is C24H27N5O3. The van der Waals surface area contributed by atoms with Gasteiger partial charge in [-0.1, -0.05) is 35.0 Å². The van der Waals surface area contributed by atoms with Gasteiger partial charge in [0.1, 0.15) is 5.69 Å². The van der Waals surface area contributed by atoms with Crippen molar-refractivity contribution in [2.75, 3.05) is 26.2 Å². The molecule has 0 unspecified atom stereocenters. The van der Waals surface area contributed by atoms with E-state index in [4.69, 9.17) is 4.52 Å². The fraction of sp³-hybridized carbons (Fsp3) is 0.417. The van der Waals surface area contributed by atoms with Gasteiger partial charge in [-0.05, 0) is 32.3 Å². The van der Waals surface area contributed by atoms with Gasteiger partial charge in [0.05, 0.1) is 6.54 Å². The Balaban J connectivity index is 1.20. The van der Waals surface area contributed by atoms with Crippen molar-refractivity contribution in [3.05, 3.63) is 58.2 Å². The van der Waals surface area contributed by atoms with Crippen LogP contribution in [0.3, 0.4) is 0 Å². The smallest absolute Gasteiger partial charge is 0.270 e. The molecule has 1 aromatic carbocycles. The molecule has 2 aromatic heterocycles. The van der Waals surface area contributed by atoms with Crippen molar-refractivity contribution in [3.63, 3.8) is 0 Å². The minimum Gasteiger partial charge on any atom is -0.354 e. The summed E-state index contributed by atoms with van der Waals surface area (Å²) < 4.78 is 5.45. The van der Waals surface area contributed by atoms with Gasteiger partial charge in [-0.25, -0.2) is 0 Å². The zero-order valence-electron chi connectivity index (χ0n) is 18.5. The molecule has 1 N–H and O–H groups in total. The minimum absolute atomic E-state index is 0.0243. The Kier molecular flexibility index (Phi) is 5.38. The summed E-state index contributed by atoms with van der Waals surface area (Å²) in [5.74, 6) is 1.29. The fourth-order valence-electron chi connectivity index (χ4n) is 4.59. The van der Waals surface area contributed by atoms with E-state index in [1.54, 1.807) is 0 Å². The third kappa shape index (κ3) is 3.86. The molecule has 8 nitrogen and oxygen atoms in total. The van der Waals surface area contributed by atoms with Crippen molar-refractivity contribution < 1.29 is 14.1 Å². The molecule has 0 atom stereocenters. The molecule has 8 heteroatoms. The number of fused-ring (bicyclic) bond motifs is 1. The van der Waals surface area contributed by atoms with E-state index < -0.39 is 0 Å². The highest BCUT2D eigenvalue weighted by molar-refractivity contribution is 6.04. The molecule has 5 rings (SSSR count). The monoisotopic (exact) mass is 433 g/mol. The van der Waals surface area contributed by atoms with E-state index in [1.807, 2.05) is 43.0 Å². The van der Waals surface area contributed by atoms with Crippen LogP contribution < -0.4 is 0 Å². The zero-order valence-corrected chi connectivity index (χ0v) is 18.5. The lowest BCUT2D eigenvalue weighted by Gasteiger charge is -2.33. The van der Waals surface area contributed by atoms with Crippen LogP contribution in [0.25, 0.3) is 11.4 Å². The van der Waals surface area contributed by atoms with Crippen molar-refractivity contribution in [2.24, 2.45) is 0 Å². The third-order valence-electron chi connectivity index (χ3n) is 6.45. The quantitative estimate of drug-likeness (QED) is 0.679. The van der Waals surface area contributed by atoms with E-state index in [9.17, 15) is 9.59 Å². The van der Waals surface area contributed by atoms with E-state index in [2.05, 4.69) is 20.0 Å². The van der Waals surface area contributed by atoms with Gasteiger partial charge in [0.25, 0.3) is 5.91 Å². The van der Waals surface area contributed by atoms with Gasteiger partial charge in [-0.15, -0.1) is 0 Å². The molecule has 1 fully saturated rings. The van der Waals surface area contributed by atoms with Crippen molar-refractivity contribution in [1.82, 2.24) is 24.9 Å². The van der Waals surface area contributed by atoms with Crippen LogP contribution in [0.5, 0.6) is 0 Å². The number of rotatable bonds is 4. The molecule has 0 bridgehead atoms. The van der Waals surface area contributed by atoms with Gasteiger partial charge >= 0.3 is 0 Å². The Labute approximate surface area is 186 Å². The highest BCUT2D eigenvalue weighted by atomic mass is 16.5. The molecule has 3 heterocycles.